The van der Waals surface area contributed by atoms with Crippen LogP contribution in [0.3, 0.4) is 0 Å². The van der Waals surface area contributed by atoms with Crippen LogP contribution in [-0.4, -0.2) is 30.7 Å². The summed E-state index contributed by atoms with van der Waals surface area (Å²) in [5.41, 5.74) is 1.43. The molecular formula is C11H18O3. The van der Waals surface area contributed by atoms with Gasteiger partial charge < -0.3 is 9.84 Å². The molecule has 0 aliphatic heterocycles. The van der Waals surface area contributed by atoms with Crippen LogP contribution in [0, 0.1) is 5.92 Å². The maximum Gasteiger partial charge on any atom is 0.161 e. The fourth-order valence-corrected chi connectivity index (χ4v) is 2.01. The average molecular weight is 198 g/mol. The normalized spacial score (nSPS) is 31.9. The molecule has 1 aliphatic carbocycles. The molecule has 0 aromatic rings. The second kappa shape index (κ2) is 4.71. The number of hydrogen-bond acceptors (Lipinski definition) is 3. The topological polar surface area (TPSA) is 46.5 Å². The first-order valence-electron chi connectivity index (χ1n) is 4.96. The average Bonchev–Trinajstić information content (AvgIpc) is 2.01. The number of aliphatic hydroxyl groups is 1. The van der Waals surface area contributed by atoms with E-state index in [1.807, 2.05) is 13.8 Å². The van der Waals surface area contributed by atoms with Crippen molar-refractivity contribution in [2.24, 2.45) is 5.92 Å². The van der Waals surface area contributed by atoms with Gasteiger partial charge in [0.1, 0.15) is 0 Å². The fraction of sp³-hybridized carbons (Fsp3) is 0.727. The third kappa shape index (κ3) is 2.42. The molecule has 0 amide bonds. The molecule has 0 spiro atoms. The van der Waals surface area contributed by atoms with Gasteiger partial charge in [-0.25, -0.2) is 0 Å². The van der Waals surface area contributed by atoms with Gasteiger partial charge in [-0.1, -0.05) is 6.92 Å². The Morgan fingerprint density at radius 3 is 2.79 bits per heavy atom. The van der Waals surface area contributed by atoms with Crippen molar-refractivity contribution in [2.75, 3.05) is 13.7 Å². The molecule has 1 N–H and O–H groups in total. The third-order valence-electron chi connectivity index (χ3n) is 2.61. The van der Waals surface area contributed by atoms with Crippen molar-refractivity contribution < 1.29 is 14.6 Å². The van der Waals surface area contributed by atoms with Gasteiger partial charge in [0, 0.05) is 19.1 Å². The quantitative estimate of drug-likeness (QED) is 0.680. The Labute approximate surface area is 84.8 Å². The van der Waals surface area contributed by atoms with Crippen LogP contribution in [-0.2, 0) is 9.53 Å². The Morgan fingerprint density at radius 1 is 1.64 bits per heavy atom. The molecule has 1 rings (SSSR count). The van der Waals surface area contributed by atoms with Gasteiger partial charge in [0.15, 0.2) is 5.78 Å². The summed E-state index contributed by atoms with van der Waals surface area (Å²) < 4.78 is 4.96. The lowest BCUT2D eigenvalue weighted by Gasteiger charge is -2.26. The molecule has 14 heavy (non-hydrogen) atoms. The molecule has 2 unspecified atom stereocenters. The molecule has 0 bridgehead atoms. The highest BCUT2D eigenvalue weighted by atomic mass is 16.5. The lowest BCUT2D eigenvalue weighted by Crippen LogP contribution is -2.29. The predicted molar refractivity (Wildman–Crippen MR) is 54.0 cm³/mol. The molecule has 3 heteroatoms. The maximum atomic E-state index is 11.7. The highest BCUT2D eigenvalue weighted by molar-refractivity contribution is 5.97. The van der Waals surface area contributed by atoms with Crippen LogP contribution in [0.4, 0.5) is 0 Å². The van der Waals surface area contributed by atoms with E-state index >= 15 is 0 Å². The number of carbonyl (C=O) groups excluding carboxylic acids is 1. The summed E-state index contributed by atoms with van der Waals surface area (Å²) in [5.74, 6) is 0.363. The summed E-state index contributed by atoms with van der Waals surface area (Å²) in [6.45, 7) is 4.26. The zero-order chi connectivity index (χ0) is 10.7. The van der Waals surface area contributed by atoms with Gasteiger partial charge in [0.2, 0.25) is 0 Å². The van der Waals surface area contributed by atoms with E-state index in [1.165, 1.54) is 0 Å². The number of aliphatic hydroxyl groups excluding tert-OH is 1. The molecule has 2 atom stereocenters. The Hall–Kier alpha value is -0.670. The number of carbonyl (C=O) groups is 1. The van der Waals surface area contributed by atoms with E-state index in [9.17, 15) is 9.90 Å². The number of ether oxygens (including phenoxy) is 1. The van der Waals surface area contributed by atoms with E-state index in [0.29, 0.717) is 25.0 Å². The number of ketones is 1. The monoisotopic (exact) mass is 198 g/mol. The first kappa shape index (κ1) is 11.4. The molecule has 1 saturated carbocycles. The van der Waals surface area contributed by atoms with Crippen molar-refractivity contribution in [1.29, 1.82) is 0 Å². The van der Waals surface area contributed by atoms with E-state index in [1.54, 1.807) is 7.11 Å². The van der Waals surface area contributed by atoms with E-state index in [-0.39, 0.29) is 11.7 Å². The Kier molecular flexibility index (Phi) is 3.84. The van der Waals surface area contributed by atoms with Gasteiger partial charge in [0.05, 0.1) is 12.7 Å². The Bertz CT molecular complexity index is 255. The minimum atomic E-state index is -0.596. The van der Waals surface area contributed by atoms with Crippen LogP contribution in [0.1, 0.15) is 26.7 Å². The molecular weight excluding hydrogens is 180 g/mol. The predicted octanol–water partition coefficient (Wildman–Crippen LogP) is 1.31. The van der Waals surface area contributed by atoms with Crippen LogP contribution in [0.5, 0.6) is 0 Å². The van der Waals surface area contributed by atoms with Crippen LogP contribution in [0.15, 0.2) is 11.1 Å². The molecule has 1 fully saturated rings. The zero-order valence-electron chi connectivity index (χ0n) is 9.04. The van der Waals surface area contributed by atoms with Gasteiger partial charge in [-0.2, -0.15) is 0 Å². The smallest absolute Gasteiger partial charge is 0.161 e. The van der Waals surface area contributed by atoms with Crippen molar-refractivity contribution in [2.45, 2.75) is 32.8 Å². The largest absolute Gasteiger partial charge is 0.388 e. The molecule has 0 saturated heterocycles. The standard InChI is InChI=1S/C11H18O3/c1-7-4-9(12)11(10(13)5-7)8(2)6-14-3/h7,9,12H,4-6H2,1-3H3/b11-8+. The Balaban J connectivity index is 2.86. The summed E-state index contributed by atoms with van der Waals surface area (Å²) in [7, 11) is 1.59. The van der Waals surface area contributed by atoms with Crippen LogP contribution in [0.25, 0.3) is 0 Å². The molecule has 0 aromatic carbocycles. The minimum absolute atomic E-state index is 0.0748. The number of Topliss-reactive ketones (excluding diaryl/α,β-unsaturated/α-hetero) is 1. The lowest BCUT2D eigenvalue weighted by atomic mass is 9.82. The lowest BCUT2D eigenvalue weighted by molar-refractivity contribution is -0.119. The van der Waals surface area contributed by atoms with Crippen molar-refractivity contribution >= 4 is 5.78 Å². The maximum absolute atomic E-state index is 11.7. The van der Waals surface area contributed by atoms with Gasteiger partial charge in [-0.15, -0.1) is 0 Å². The van der Waals surface area contributed by atoms with E-state index in [4.69, 9.17) is 4.74 Å². The van der Waals surface area contributed by atoms with E-state index in [0.717, 1.165) is 5.57 Å². The van der Waals surface area contributed by atoms with E-state index in [2.05, 4.69) is 0 Å². The summed E-state index contributed by atoms with van der Waals surface area (Å²) in [6, 6.07) is 0. The molecule has 0 radical (unpaired) electrons. The van der Waals surface area contributed by atoms with Gasteiger partial charge in [0.25, 0.3) is 0 Å². The van der Waals surface area contributed by atoms with Crippen LogP contribution in [0.2, 0.25) is 0 Å². The highest BCUT2D eigenvalue weighted by Gasteiger charge is 2.29. The van der Waals surface area contributed by atoms with Crippen LogP contribution >= 0.6 is 0 Å². The van der Waals surface area contributed by atoms with Gasteiger partial charge in [-0.3, -0.25) is 4.79 Å². The zero-order valence-corrected chi connectivity index (χ0v) is 9.04. The summed E-state index contributed by atoms with van der Waals surface area (Å²) in [6.07, 6.45) is 0.636. The second-order valence-corrected chi connectivity index (χ2v) is 4.11. The van der Waals surface area contributed by atoms with E-state index < -0.39 is 6.10 Å². The van der Waals surface area contributed by atoms with Gasteiger partial charge >= 0.3 is 0 Å². The summed E-state index contributed by atoms with van der Waals surface area (Å²) >= 11 is 0. The van der Waals surface area contributed by atoms with Crippen molar-refractivity contribution in [1.82, 2.24) is 0 Å². The number of methoxy groups -OCH3 is 1. The molecule has 0 aromatic heterocycles. The Morgan fingerprint density at radius 2 is 2.29 bits per heavy atom. The number of hydrogen-bond donors (Lipinski definition) is 1. The highest BCUT2D eigenvalue weighted by Crippen LogP contribution is 2.27. The third-order valence-corrected chi connectivity index (χ3v) is 2.61. The fourth-order valence-electron chi connectivity index (χ4n) is 2.01. The molecule has 0 heterocycles. The molecule has 1 aliphatic rings. The SMILES string of the molecule is COC/C(C)=C1/C(=O)CC(C)CC1O. The van der Waals surface area contributed by atoms with Crippen molar-refractivity contribution in [3.63, 3.8) is 0 Å². The number of rotatable bonds is 2. The van der Waals surface area contributed by atoms with Gasteiger partial charge in [-0.05, 0) is 24.8 Å². The molecule has 3 nitrogen and oxygen atoms in total. The first-order chi connectivity index (χ1) is 6.56. The first-order valence-corrected chi connectivity index (χ1v) is 4.96. The summed E-state index contributed by atoms with van der Waals surface area (Å²) in [4.78, 5) is 11.7. The van der Waals surface area contributed by atoms with Crippen LogP contribution < -0.4 is 0 Å². The second-order valence-electron chi connectivity index (χ2n) is 4.11. The summed E-state index contributed by atoms with van der Waals surface area (Å²) in [5, 5.41) is 9.77. The van der Waals surface area contributed by atoms with Crippen molar-refractivity contribution in [3.8, 4) is 0 Å². The van der Waals surface area contributed by atoms with Crippen molar-refractivity contribution in [3.05, 3.63) is 11.1 Å². The molecule has 80 valence electrons. The minimum Gasteiger partial charge on any atom is -0.388 e.